The average molecular weight is 389 g/mol. The highest BCUT2D eigenvalue weighted by Crippen LogP contribution is 2.26. The van der Waals surface area contributed by atoms with Gasteiger partial charge in [0.15, 0.2) is 9.84 Å². The summed E-state index contributed by atoms with van der Waals surface area (Å²) in [5.74, 6) is -0.769. The number of sulfone groups is 1. The van der Waals surface area contributed by atoms with Crippen molar-refractivity contribution in [3.63, 3.8) is 0 Å². The number of hydrogen-bond donors (Lipinski definition) is 1. The molecule has 0 saturated heterocycles. The summed E-state index contributed by atoms with van der Waals surface area (Å²) in [4.78, 5) is 22.6. The van der Waals surface area contributed by atoms with E-state index in [1.54, 1.807) is 39.0 Å². The Morgan fingerprint density at radius 2 is 1.70 bits per heavy atom. The van der Waals surface area contributed by atoms with Crippen molar-refractivity contribution in [2.24, 2.45) is 5.10 Å². The molecule has 0 heterocycles. The molecule has 0 fully saturated rings. The van der Waals surface area contributed by atoms with E-state index in [0.717, 1.165) is 0 Å². The monoisotopic (exact) mass is 389 g/mol. The van der Waals surface area contributed by atoms with E-state index < -0.39 is 25.4 Å². The van der Waals surface area contributed by atoms with Gasteiger partial charge in [-0.1, -0.05) is 30.3 Å². The van der Waals surface area contributed by atoms with Gasteiger partial charge in [0.25, 0.3) is 11.6 Å². The number of amides is 1. The summed E-state index contributed by atoms with van der Waals surface area (Å²) in [7, 11) is -3.62. The Morgan fingerprint density at radius 1 is 1.11 bits per heavy atom. The van der Waals surface area contributed by atoms with Gasteiger partial charge < -0.3 is 0 Å². The van der Waals surface area contributed by atoms with Crippen LogP contribution in [-0.2, 0) is 9.84 Å². The molecule has 2 aromatic rings. The lowest BCUT2D eigenvalue weighted by Gasteiger charge is -2.20. The van der Waals surface area contributed by atoms with Gasteiger partial charge >= 0.3 is 0 Å². The molecule has 1 N–H and O–H groups in total. The summed E-state index contributed by atoms with van der Waals surface area (Å²) in [6.45, 7) is 4.77. The molecule has 0 aliphatic carbocycles. The van der Waals surface area contributed by atoms with Crippen LogP contribution in [0.2, 0.25) is 0 Å². The quantitative estimate of drug-likeness (QED) is 0.479. The van der Waals surface area contributed by atoms with E-state index in [1.807, 2.05) is 0 Å². The maximum atomic E-state index is 12.7. The van der Waals surface area contributed by atoms with Gasteiger partial charge in [-0.25, -0.2) is 13.8 Å². The van der Waals surface area contributed by atoms with Crippen molar-refractivity contribution in [3.05, 3.63) is 69.8 Å². The largest absolute Gasteiger partial charge is 0.282 e. The van der Waals surface area contributed by atoms with Crippen LogP contribution in [0.25, 0.3) is 0 Å². The molecule has 0 saturated carbocycles. The van der Waals surface area contributed by atoms with Crippen molar-refractivity contribution in [1.82, 2.24) is 5.43 Å². The molecule has 0 aliphatic heterocycles. The number of carbonyl (C=O) groups excluding carboxylic acids is 1. The molecule has 0 aromatic heterocycles. The van der Waals surface area contributed by atoms with Gasteiger partial charge in [0.1, 0.15) is 5.56 Å². The fourth-order valence-corrected chi connectivity index (χ4v) is 3.56. The van der Waals surface area contributed by atoms with Crippen molar-refractivity contribution in [2.45, 2.75) is 30.4 Å². The number of hydrazone groups is 1. The zero-order valence-corrected chi connectivity index (χ0v) is 15.9. The van der Waals surface area contributed by atoms with Gasteiger partial charge in [-0.3, -0.25) is 14.9 Å². The molecule has 0 atom stereocenters. The highest BCUT2D eigenvalue weighted by molar-refractivity contribution is 7.92. The number of carbonyl (C=O) groups is 1. The number of nitro groups is 1. The second-order valence-electron chi connectivity index (χ2n) is 6.63. The van der Waals surface area contributed by atoms with Crippen LogP contribution in [0.5, 0.6) is 0 Å². The van der Waals surface area contributed by atoms with Crippen LogP contribution in [0.15, 0.2) is 58.5 Å². The first-order valence-electron chi connectivity index (χ1n) is 7.96. The molecule has 142 valence electrons. The molecule has 2 aromatic carbocycles. The number of rotatable bonds is 5. The molecule has 2 rings (SSSR count). The minimum absolute atomic E-state index is 0.0844. The zero-order chi connectivity index (χ0) is 20.2. The number of nitrogens with one attached hydrogen (secondary N) is 1. The van der Waals surface area contributed by atoms with Crippen LogP contribution in [0.3, 0.4) is 0 Å². The maximum absolute atomic E-state index is 12.7. The van der Waals surface area contributed by atoms with Crippen LogP contribution in [-0.4, -0.2) is 30.2 Å². The van der Waals surface area contributed by atoms with Gasteiger partial charge in [0.05, 0.1) is 20.8 Å². The Hall–Kier alpha value is -3.07. The van der Waals surface area contributed by atoms with Crippen LogP contribution >= 0.6 is 0 Å². The predicted octanol–water partition coefficient (Wildman–Crippen LogP) is 2.93. The topological polar surface area (TPSA) is 119 Å². The number of nitrogens with zero attached hydrogens (tertiary/aromatic N) is 2. The van der Waals surface area contributed by atoms with Crippen molar-refractivity contribution >= 4 is 27.6 Å². The first-order chi connectivity index (χ1) is 12.6. The molecule has 8 nitrogen and oxygen atoms in total. The standard InChI is InChI=1S/C18H19N3O5S/c1-18(2,3)27(25,26)16-11-7-4-8-13(16)12-19-20-17(22)14-9-5-6-10-15(14)21(23)24/h4-12H,1-3H3,(H,20,22). The fourth-order valence-electron chi connectivity index (χ4n) is 2.21. The lowest BCUT2D eigenvalue weighted by Crippen LogP contribution is -2.28. The minimum atomic E-state index is -3.62. The normalized spacial score (nSPS) is 12.1. The minimum Gasteiger partial charge on any atom is -0.267 e. The first-order valence-corrected chi connectivity index (χ1v) is 9.44. The van der Waals surface area contributed by atoms with Gasteiger partial charge in [-0.2, -0.15) is 5.10 Å². The van der Waals surface area contributed by atoms with Crippen LogP contribution in [0, 0.1) is 10.1 Å². The van der Waals surface area contributed by atoms with E-state index in [0.29, 0.717) is 5.56 Å². The van der Waals surface area contributed by atoms with E-state index >= 15 is 0 Å². The second kappa shape index (κ2) is 7.67. The van der Waals surface area contributed by atoms with E-state index in [1.165, 1.54) is 36.5 Å². The molecule has 0 unspecified atom stereocenters. The lowest BCUT2D eigenvalue weighted by molar-refractivity contribution is -0.385. The number of benzene rings is 2. The van der Waals surface area contributed by atoms with Crippen LogP contribution < -0.4 is 5.43 Å². The number of nitro benzene ring substituents is 1. The lowest BCUT2D eigenvalue weighted by atomic mass is 10.2. The van der Waals surface area contributed by atoms with E-state index in [-0.39, 0.29) is 16.1 Å². The Balaban J connectivity index is 2.29. The van der Waals surface area contributed by atoms with Gasteiger partial charge in [0, 0.05) is 11.6 Å². The van der Waals surface area contributed by atoms with E-state index in [4.69, 9.17) is 0 Å². The van der Waals surface area contributed by atoms with E-state index in [9.17, 15) is 23.3 Å². The summed E-state index contributed by atoms with van der Waals surface area (Å²) in [5, 5.41) is 14.8. The van der Waals surface area contributed by atoms with Gasteiger partial charge in [-0.15, -0.1) is 0 Å². The molecule has 0 spiro atoms. The third-order valence-electron chi connectivity index (χ3n) is 3.73. The smallest absolute Gasteiger partial charge is 0.267 e. The van der Waals surface area contributed by atoms with E-state index in [2.05, 4.69) is 10.5 Å². The SMILES string of the molecule is CC(C)(C)S(=O)(=O)c1ccccc1C=NNC(=O)c1ccccc1[N+](=O)[O-]. The summed E-state index contributed by atoms with van der Waals surface area (Å²) in [6, 6.07) is 11.7. The Kier molecular flexibility index (Phi) is 5.75. The summed E-state index contributed by atoms with van der Waals surface area (Å²) in [5.41, 5.74) is 2.00. The summed E-state index contributed by atoms with van der Waals surface area (Å²) in [6.07, 6.45) is 1.20. The number of hydrogen-bond acceptors (Lipinski definition) is 6. The van der Waals surface area contributed by atoms with Gasteiger partial charge in [-0.05, 0) is 32.9 Å². The first kappa shape index (κ1) is 20.2. The van der Waals surface area contributed by atoms with Crippen molar-refractivity contribution in [2.75, 3.05) is 0 Å². The molecule has 1 amide bonds. The maximum Gasteiger partial charge on any atom is 0.282 e. The third-order valence-corrected chi connectivity index (χ3v) is 6.29. The van der Waals surface area contributed by atoms with Crippen LogP contribution in [0.1, 0.15) is 36.7 Å². The van der Waals surface area contributed by atoms with Crippen molar-refractivity contribution in [3.8, 4) is 0 Å². The third kappa shape index (κ3) is 4.37. The Bertz CT molecular complexity index is 1010. The fraction of sp³-hybridized carbons (Fsp3) is 0.222. The van der Waals surface area contributed by atoms with Gasteiger partial charge in [0.2, 0.25) is 0 Å². The average Bonchev–Trinajstić information content (AvgIpc) is 2.61. The summed E-state index contributed by atoms with van der Waals surface area (Å²) >= 11 is 0. The van der Waals surface area contributed by atoms with Crippen molar-refractivity contribution in [1.29, 1.82) is 0 Å². The second-order valence-corrected chi connectivity index (χ2v) is 9.30. The summed E-state index contributed by atoms with van der Waals surface area (Å²) < 4.78 is 24.4. The molecule has 0 radical (unpaired) electrons. The molecular formula is C18H19N3O5S. The Morgan fingerprint density at radius 3 is 2.33 bits per heavy atom. The van der Waals surface area contributed by atoms with Crippen molar-refractivity contribution < 1.29 is 18.1 Å². The predicted molar refractivity (Wildman–Crippen MR) is 102 cm³/mol. The Labute approximate surface area is 157 Å². The van der Waals surface area contributed by atoms with Crippen LogP contribution in [0.4, 0.5) is 5.69 Å². The zero-order valence-electron chi connectivity index (χ0n) is 15.0. The molecule has 0 aliphatic rings. The molecule has 27 heavy (non-hydrogen) atoms. The highest BCUT2D eigenvalue weighted by atomic mass is 32.2. The molecule has 0 bridgehead atoms. The number of para-hydroxylation sites is 1. The highest BCUT2D eigenvalue weighted by Gasteiger charge is 2.32. The molecular weight excluding hydrogens is 370 g/mol. The molecule has 9 heteroatoms.